The average molecular weight is 293 g/mol. The van der Waals surface area contributed by atoms with Gasteiger partial charge in [-0.15, -0.1) is 0 Å². The number of aromatic nitrogens is 2. The molecule has 0 aliphatic heterocycles. The van der Waals surface area contributed by atoms with E-state index < -0.39 is 0 Å². The third kappa shape index (κ3) is 6.07. The Morgan fingerprint density at radius 1 is 1.10 bits per heavy atom. The van der Waals surface area contributed by atoms with E-state index in [0.717, 1.165) is 0 Å². The van der Waals surface area contributed by atoms with Crippen molar-refractivity contribution in [1.29, 1.82) is 0 Å². The molecule has 0 aliphatic carbocycles. The summed E-state index contributed by atoms with van der Waals surface area (Å²) in [5, 5.41) is 0. The number of carbonyl (C=O) groups excluding carboxylic acids is 2. The molecule has 1 rings (SSSR count). The Morgan fingerprint density at radius 3 is 2.24 bits per heavy atom. The van der Waals surface area contributed by atoms with E-state index in [1.165, 1.54) is 0 Å². The normalized spacial score (nSPS) is 10.0. The van der Waals surface area contributed by atoms with Gasteiger partial charge in [-0.25, -0.2) is 18.7 Å². The molecule has 0 radical (unpaired) electrons. The van der Waals surface area contributed by atoms with Crippen LogP contribution in [0.3, 0.4) is 0 Å². The molecule has 0 fully saturated rings. The van der Waals surface area contributed by atoms with Gasteiger partial charge in [0.15, 0.2) is 0 Å². The molecule has 1 aromatic rings. The number of hydrogen-bond donors (Lipinski definition) is 0. The van der Waals surface area contributed by atoms with Crippen molar-refractivity contribution in [2.24, 2.45) is 0 Å². The summed E-state index contributed by atoms with van der Waals surface area (Å²) in [5.74, 6) is -0.775. The molecule has 0 amide bonds. The van der Waals surface area contributed by atoms with Crippen LogP contribution >= 0.6 is 0 Å². The molecule has 0 saturated carbocycles. The van der Waals surface area contributed by atoms with Crippen LogP contribution in [0.15, 0.2) is 43.0 Å². The zero-order valence-corrected chi connectivity index (χ0v) is 12.5. The minimum Gasteiger partial charge on any atom is -0.458 e. The summed E-state index contributed by atoms with van der Waals surface area (Å²) in [6, 6.07) is 0. The van der Waals surface area contributed by atoms with Crippen molar-refractivity contribution in [2.75, 3.05) is 13.2 Å². The van der Waals surface area contributed by atoms with E-state index in [-0.39, 0.29) is 25.2 Å². The molecule has 1 aromatic heterocycles. The summed E-state index contributed by atoms with van der Waals surface area (Å²) < 4.78 is 13.8. The fraction of sp³-hybridized carbons (Fsp3) is 0.400. The maximum Gasteiger partial charge on any atom is 0.333 e. The van der Waals surface area contributed by atoms with E-state index in [1.807, 2.05) is 27.9 Å². The van der Waals surface area contributed by atoms with Gasteiger partial charge >= 0.3 is 11.9 Å². The third-order valence-electron chi connectivity index (χ3n) is 2.61. The molecule has 0 unspecified atom stereocenters. The van der Waals surface area contributed by atoms with Crippen molar-refractivity contribution in [3.05, 3.63) is 43.0 Å². The number of imidazole rings is 1. The van der Waals surface area contributed by atoms with Gasteiger partial charge in [0.2, 0.25) is 6.33 Å². The Balaban J connectivity index is 2.30. The van der Waals surface area contributed by atoms with Crippen LogP contribution in [0, 0.1) is 0 Å². The summed E-state index contributed by atoms with van der Waals surface area (Å²) in [4.78, 5) is 22.4. The molecule has 0 atom stereocenters. The van der Waals surface area contributed by atoms with E-state index in [2.05, 4.69) is 13.2 Å². The second-order valence-corrected chi connectivity index (χ2v) is 4.72. The van der Waals surface area contributed by atoms with Crippen molar-refractivity contribution in [3.63, 3.8) is 0 Å². The monoisotopic (exact) mass is 293 g/mol. The van der Waals surface area contributed by atoms with Crippen molar-refractivity contribution < 1.29 is 23.6 Å². The van der Waals surface area contributed by atoms with E-state index in [1.54, 1.807) is 13.8 Å². The van der Waals surface area contributed by atoms with Crippen LogP contribution in [-0.4, -0.2) is 29.7 Å². The quantitative estimate of drug-likeness (QED) is 0.408. The van der Waals surface area contributed by atoms with Crippen LogP contribution in [0.4, 0.5) is 0 Å². The molecule has 6 heteroatoms. The van der Waals surface area contributed by atoms with Crippen LogP contribution < -0.4 is 4.57 Å². The lowest BCUT2D eigenvalue weighted by atomic mass is 10.4. The predicted octanol–water partition coefficient (Wildman–Crippen LogP) is 1.01. The molecule has 0 aromatic carbocycles. The number of carbonyl (C=O) groups is 2. The molecule has 0 aliphatic rings. The van der Waals surface area contributed by atoms with Crippen LogP contribution in [-0.2, 0) is 32.2 Å². The SMILES string of the molecule is C=C(C)C(=O)OCCn1cc[n+](CCOC(=O)C(=C)C)c1. The van der Waals surface area contributed by atoms with Gasteiger partial charge in [-0.3, -0.25) is 0 Å². The van der Waals surface area contributed by atoms with Gasteiger partial charge in [-0.05, 0) is 13.8 Å². The predicted molar refractivity (Wildman–Crippen MR) is 76.2 cm³/mol. The zero-order chi connectivity index (χ0) is 15.8. The van der Waals surface area contributed by atoms with Crippen LogP contribution in [0.25, 0.3) is 0 Å². The van der Waals surface area contributed by atoms with Gasteiger partial charge in [0.1, 0.15) is 38.7 Å². The number of rotatable bonds is 8. The molecule has 1 heterocycles. The number of nitrogens with zero attached hydrogens (tertiary/aromatic N) is 2. The molecule has 0 bridgehead atoms. The third-order valence-corrected chi connectivity index (χ3v) is 2.61. The van der Waals surface area contributed by atoms with E-state index in [0.29, 0.717) is 24.2 Å². The first kappa shape index (κ1) is 16.7. The summed E-state index contributed by atoms with van der Waals surface area (Å²) >= 11 is 0. The lowest BCUT2D eigenvalue weighted by Gasteiger charge is -2.02. The number of ether oxygens (including phenoxy) is 2. The average Bonchev–Trinajstić information content (AvgIpc) is 2.86. The Hall–Kier alpha value is -2.37. The molecule has 0 saturated heterocycles. The largest absolute Gasteiger partial charge is 0.458 e. The smallest absolute Gasteiger partial charge is 0.333 e. The van der Waals surface area contributed by atoms with Crippen LogP contribution in [0.2, 0.25) is 0 Å². The van der Waals surface area contributed by atoms with Crippen molar-refractivity contribution in [2.45, 2.75) is 26.9 Å². The minimum absolute atomic E-state index is 0.283. The van der Waals surface area contributed by atoms with Gasteiger partial charge < -0.3 is 9.47 Å². The molecule has 21 heavy (non-hydrogen) atoms. The highest BCUT2D eigenvalue weighted by Crippen LogP contribution is 1.94. The molecule has 6 nitrogen and oxygen atoms in total. The highest BCUT2D eigenvalue weighted by molar-refractivity contribution is 5.87. The van der Waals surface area contributed by atoms with E-state index in [4.69, 9.17) is 9.47 Å². The maximum atomic E-state index is 11.2. The van der Waals surface area contributed by atoms with Gasteiger partial charge in [0, 0.05) is 11.1 Å². The summed E-state index contributed by atoms with van der Waals surface area (Å²) in [5.41, 5.74) is 0.772. The minimum atomic E-state index is -0.387. The van der Waals surface area contributed by atoms with Crippen LogP contribution in [0.1, 0.15) is 13.8 Å². The van der Waals surface area contributed by atoms with Crippen molar-refractivity contribution in [1.82, 2.24) is 4.57 Å². The Morgan fingerprint density at radius 2 is 1.67 bits per heavy atom. The van der Waals surface area contributed by atoms with Gasteiger partial charge in [0.05, 0.1) is 0 Å². The van der Waals surface area contributed by atoms with Gasteiger partial charge in [0.25, 0.3) is 0 Å². The topological polar surface area (TPSA) is 61.4 Å². The van der Waals surface area contributed by atoms with E-state index in [9.17, 15) is 9.59 Å². The number of hydrogen-bond acceptors (Lipinski definition) is 4. The van der Waals surface area contributed by atoms with Crippen molar-refractivity contribution >= 4 is 11.9 Å². The second-order valence-electron chi connectivity index (χ2n) is 4.72. The summed E-state index contributed by atoms with van der Waals surface area (Å²) in [6.45, 7) is 11.9. The first-order chi connectivity index (χ1) is 9.90. The first-order valence-electron chi connectivity index (χ1n) is 6.60. The lowest BCUT2D eigenvalue weighted by Crippen LogP contribution is -2.34. The van der Waals surface area contributed by atoms with E-state index >= 15 is 0 Å². The zero-order valence-electron chi connectivity index (χ0n) is 12.5. The Labute approximate surface area is 124 Å². The Bertz CT molecular complexity index is 499. The first-order valence-corrected chi connectivity index (χ1v) is 6.60. The van der Waals surface area contributed by atoms with Crippen molar-refractivity contribution in [3.8, 4) is 0 Å². The molecule has 114 valence electrons. The maximum absolute atomic E-state index is 11.2. The number of esters is 2. The molecule has 0 spiro atoms. The molecular weight excluding hydrogens is 272 g/mol. The van der Waals surface area contributed by atoms with Gasteiger partial charge in [-0.2, -0.15) is 0 Å². The standard InChI is InChI=1S/C15H21N2O4/c1-12(2)14(18)20-9-7-16-5-6-17(11-16)8-10-21-15(19)13(3)4/h5-6,11H,1,3,7-10H2,2,4H3/q+1. The fourth-order valence-electron chi connectivity index (χ4n) is 1.44. The van der Waals surface area contributed by atoms with Gasteiger partial charge in [-0.1, -0.05) is 13.2 Å². The van der Waals surface area contributed by atoms with Crippen LogP contribution in [0.5, 0.6) is 0 Å². The lowest BCUT2D eigenvalue weighted by molar-refractivity contribution is -0.697. The highest BCUT2D eigenvalue weighted by atomic mass is 16.5. The summed E-state index contributed by atoms with van der Waals surface area (Å²) in [6.07, 6.45) is 5.56. The molecule has 0 N–H and O–H groups in total. The highest BCUT2D eigenvalue weighted by Gasteiger charge is 2.08. The summed E-state index contributed by atoms with van der Waals surface area (Å²) in [7, 11) is 0. The second kappa shape index (κ2) is 8.04. The molecular formula is C15H21N2O4+. The fourth-order valence-corrected chi connectivity index (χ4v) is 1.44. The Kier molecular flexibility index (Phi) is 6.39.